The Morgan fingerprint density at radius 1 is 0.837 bits per heavy atom. The number of nitrogens with zero attached hydrogens (tertiary/aromatic N) is 1. The minimum absolute atomic E-state index is 0.297. The molecule has 3 aliphatic rings. The van der Waals surface area contributed by atoms with Crippen molar-refractivity contribution in [1.82, 2.24) is 4.90 Å². The summed E-state index contributed by atoms with van der Waals surface area (Å²) in [4.78, 5) is 57.3. The molecular weight excluding hydrogens is 608 g/mol. The van der Waals surface area contributed by atoms with Crippen LogP contribution in [-0.4, -0.2) is 34.4 Å². The molecule has 4 aromatic rings. The minimum Gasteiger partial charge on any atom is -0.427 e. The average molecular weight is 633 g/mol. The highest BCUT2D eigenvalue weighted by Gasteiger charge is 2.70. The monoisotopic (exact) mass is 632 g/mol. The first-order valence-corrected chi connectivity index (χ1v) is 14.7. The van der Waals surface area contributed by atoms with Crippen molar-refractivity contribution in [3.63, 3.8) is 0 Å². The third kappa shape index (κ3) is 4.08. The first-order chi connectivity index (χ1) is 20.8. The first-order valence-electron chi connectivity index (χ1n) is 13.9. The maximum absolute atomic E-state index is 14.8. The summed E-state index contributed by atoms with van der Waals surface area (Å²) in [6, 6.07) is 26.9. The lowest BCUT2D eigenvalue weighted by Crippen LogP contribution is -2.49. The molecule has 1 spiro atoms. The van der Waals surface area contributed by atoms with Crippen molar-refractivity contribution in [2.24, 2.45) is 5.92 Å². The second-order valence-corrected chi connectivity index (χ2v) is 11.9. The molecule has 4 aromatic carbocycles. The number of halogens is 1. The van der Waals surface area contributed by atoms with Gasteiger partial charge >= 0.3 is 5.97 Å². The molecule has 1 N–H and O–H groups in total. The van der Waals surface area contributed by atoms with Crippen LogP contribution in [0.1, 0.15) is 50.4 Å². The highest BCUT2D eigenvalue weighted by Crippen LogP contribution is 2.62. The van der Waals surface area contributed by atoms with Crippen molar-refractivity contribution in [2.75, 3.05) is 5.32 Å². The summed E-state index contributed by atoms with van der Waals surface area (Å²) in [5, 5.41) is 3.06. The predicted octanol–water partition coefficient (Wildman–Crippen LogP) is 6.36. The van der Waals surface area contributed by atoms with Gasteiger partial charge in [-0.1, -0.05) is 70.5 Å². The van der Waals surface area contributed by atoms with Crippen LogP contribution in [0.3, 0.4) is 0 Å². The number of esters is 1. The Kier molecular flexibility index (Phi) is 6.39. The molecule has 212 valence electrons. The van der Waals surface area contributed by atoms with Gasteiger partial charge in [0, 0.05) is 34.4 Å². The molecular formula is C35H25BrN2O5. The second kappa shape index (κ2) is 10.2. The number of fused-ring (bicyclic) bond motifs is 6. The summed E-state index contributed by atoms with van der Waals surface area (Å²) in [6.45, 7) is 1.31. The minimum atomic E-state index is -1.40. The van der Waals surface area contributed by atoms with Crippen LogP contribution in [-0.2, 0) is 15.0 Å². The molecule has 7 rings (SSSR count). The summed E-state index contributed by atoms with van der Waals surface area (Å²) in [5.74, 6) is -2.16. The Morgan fingerprint density at radius 3 is 2.23 bits per heavy atom. The van der Waals surface area contributed by atoms with Crippen molar-refractivity contribution in [1.29, 1.82) is 0 Å². The van der Waals surface area contributed by atoms with E-state index in [1.165, 1.54) is 6.92 Å². The highest BCUT2D eigenvalue weighted by molar-refractivity contribution is 9.10. The van der Waals surface area contributed by atoms with Gasteiger partial charge in [-0.15, -0.1) is 0 Å². The number of Topliss-reactive ketones (excluding diaryl/α,β-unsaturated/α-hetero) is 2. The van der Waals surface area contributed by atoms with Crippen LogP contribution in [0.25, 0.3) is 6.08 Å². The molecule has 0 bridgehead atoms. The fourth-order valence-corrected chi connectivity index (χ4v) is 7.25. The van der Waals surface area contributed by atoms with Gasteiger partial charge in [-0.2, -0.15) is 0 Å². The molecule has 3 aliphatic heterocycles. The van der Waals surface area contributed by atoms with E-state index in [9.17, 15) is 19.2 Å². The van der Waals surface area contributed by atoms with Gasteiger partial charge in [0.1, 0.15) is 17.2 Å². The lowest BCUT2D eigenvalue weighted by atomic mass is 9.62. The van der Waals surface area contributed by atoms with Crippen LogP contribution < -0.4 is 10.1 Å². The number of carbonyl (C=O) groups is 4. The molecule has 0 radical (unpaired) electrons. The van der Waals surface area contributed by atoms with Gasteiger partial charge in [0.15, 0.2) is 11.6 Å². The lowest BCUT2D eigenvalue weighted by molar-refractivity contribution is -0.131. The Morgan fingerprint density at radius 2 is 1.49 bits per heavy atom. The summed E-state index contributed by atoms with van der Waals surface area (Å²) in [7, 11) is 0. The normalized spacial score (nSPS) is 22.9. The molecule has 43 heavy (non-hydrogen) atoms. The smallest absolute Gasteiger partial charge is 0.308 e. The second-order valence-electron chi connectivity index (χ2n) is 10.9. The van der Waals surface area contributed by atoms with Gasteiger partial charge in [-0.25, -0.2) is 0 Å². The molecule has 3 heterocycles. The molecule has 7 nitrogen and oxygen atoms in total. The number of rotatable bonds is 5. The Balaban J connectivity index is 1.48. The standard InChI is InChI=1S/C35H25BrN2O5/c1-20(39)43-25-16-12-23(13-17-25)32(41)30-29(31(40)22-10-14-24(36)15-11-22)35(27-8-4-5-9-28(27)37-34(35)42)33-26-7-3-2-6-21(26)18-19-38(30)33/h2-19,29-30,33H,1H3,(H,37,42). The molecule has 1 fully saturated rings. The zero-order valence-electron chi connectivity index (χ0n) is 23.0. The predicted molar refractivity (Wildman–Crippen MR) is 165 cm³/mol. The number of benzene rings is 4. The Hall–Kier alpha value is -4.82. The SMILES string of the molecule is CC(=O)Oc1ccc(C(=O)C2C(C(=O)c3ccc(Br)cc3)C3(C(=O)Nc4ccccc43)C3c4ccccc4C=CN23)cc1. The summed E-state index contributed by atoms with van der Waals surface area (Å²) >= 11 is 3.44. The van der Waals surface area contributed by atoms with Gasteiger partial charge in [0.25, 0.3) is 0 Å². The van der Waals surface area contributed by atoms with Crippen LogP contribution in [0.5, 0.6) is 5.75 Å². The molecule has 0 aliphatic carbocycles. The molecule has 0 saturated carbocycles. The van der Waals surface area contributed by atoms with Crippen molar-refractivity contribution < 1.29 is 23.9 Å². The maximum atomic E-state index is 14.8. The average Bonchev–Trinajstić information content (AvgIpc) is 3.49. The van der Waals surface area contributed by atoms with Gasteiger partial charge < -0.3 is 15.0 Å². The van der Waals surface area contributed by atoms with E-state index >= 15 is 0 Å². The van der Waals surface area contributed by atoms with Gasteiger partial charge in [-0.3, -0.25) is 19.2 Å². The number of nitrogens with one attached hydrogen (secondary N) is 1. The van der Waals surface area contributed by atoms with Crippen molar-refractivity contribution in [3.05, 3.63) is 136 Å². The molecule has 0 aromatic heterocycles. The van der Waals surface area contributed by atoms with E-state index in [0.29, 0.717) is 28.1 Å². The number of ketones is 2. The van der Waals surface area contributed by atoms with Gasteiger partial charge in [-0.05, 0) is 65.2 Å². The van der Waals surface area contributed by atoms with E-state index in [0.717, 1.165) is 15.6 Å². The Labute approximate surface area is 256 Å². The summed E-state index contributed by atoms with van der Waals surface area (Å²) in [6.07, 6.45) is 3.77. The number of hydrogen-bond acceptors (Lipinski definition) is 6. The van der Waals surface area contributed by atoms with Gasteiger partial charge in [0.2, 0.25) is 5.91 Å². The molecule has 4 unspecified atom stereocenters. The lowest BCUT2D eigenvalue weighted by Gasteiger charge is -2.38. The van der Waals surface area contributed by atoms with Crippen molar-refractivity contribution in [2.45, 2.75) is 24.4 Å². The third-order valence-electron chi connectivity index (χ3n) is 8.65. The van der Waals surface area contributed by atoms with E-state index in [4.69, 9.17) is 4.74 Å². The van der Waals surface area contributed by atoms with Crippen LogP contribution in [0.15, 0.2) is 108 Å². The topological polar surface area (TPSA) is 92.8 Å². The fraction of sp³-hybridized carbons (Fsp3) is 0.143. The van der Waals surface area contributed by atoms with E-state index in [1.807, 2.05) is 65.7 Å². The number of carbonyl (C=O) groups excluding carboxylic acids is 4. The van der Waals surface area contributed by atoms with Crippen LogP contribution >= 0.6 is 15.9 Å². The fourth-order valence-electron chi connectivity index (χ4n) is 6.99. The van der Waals surface area contributed by atoms with E-state index < -0.39 is 29.4 Å². The number of hydrogen-bond donors (Lipinski definition) is 1. The van der Waals surface area contributed by atoms with E-state index in [2.05, 4.69) is 21.2 Å². The van der Waals surface area contributed by atoms with Crippen LogP contribution in [0.4, 0.5) is 5.69 Å². The Bertz CT molecular complexity index is 1850. The van der Waals surface area contributed by atoms with Crippen molar-refractivity contribution >= 4 is 51.1 Å². The zero-order valence-corrected chi connectivity index (χ0v) is 24.6. The third-order valence-corrected chi connectivity index (χ3v) is 9.18. The van der Waals surface area contributed by atoms with Crippen LogP contribution in [0, 0.1) is 5.92 Å². The number of amides is 1. The zero-order chi connectivity index (χ0) is 29.9. The molecule has 1 saturated heterocycles. The number of para-hydroxylation sites is 1. The number of ether oxygens (including phenoxy) is 1. The quantitative estimate of drug-likeness (QED) is 0.156. The molecule has 1 amide bonds. The number of anilines is 1. The first kappa shape index (κ1) is 27.0. The van der Waals surface area contributed by atoms with E-state index in [-0.39, 0.29) is 17.5 Å². The summed E-state index contributed by atoms with van der Waals surface area (Å²) in [5.41, 5.74) is 2.46. The largest absolute Gasteiger partial charge is 0.427 e. The molecule has 4 atom stereocenters. The van der Waals surface area contributed by atoms with Gasteiger partial charge in [0.05, 0.1) is 12.0 Å². The maximum Gasteiger partial charge on any atom is 0.308 e. The summed E-state index contributed by atoms with van der Waals surface area (Å²) < 4.78 is 5.98. The van der Waals surface area contributed by atoms with Crippen molar-refractivity contribution in [3.8, 4) is 5.75 Å². The highest BCUT2D eigenvalue weighted by atomic mass is 79.9. The van der Waals surface area contributed by atoms with E-state index in [1.54, 1.807) is 48.5 Å². The molecule has 8 heteroatoms. The van der Waals surface area contributed by atoms with Crippen LogP contribution in [0.2, 0.25) is 0 Å².